The number of nitrogens with zero attached hydrogens (tertiary/aromatic N) is 2. The normalized spacial score (nSPS) is 15.9. The Hall–Kier alpha value is -5.16. The van der Waals surface area contributed by atoms with Crippen molar-refractivity contribution in [2.24, 2.45) is 0 Å². The maximum atomic E-state index is 13.6. The minimum Gasteiger partial charge on any atom is -0.507 e. The Bertz CT molecular complexity index is 1760. The first-order valence-corrected chi connectivity index (χ1v) is 14.0. The van der Waals surface area contributed by atoms with Crippen molar-refractivity contribution in [3.05, 3.63) is 105 Å². The van der Waals surface area contributed by atoms with Crippen molar-refractivity contribution in [3.8, 4) is 17.2 Å². The second-order valence-corrected chi connectivity index (χ2v) is 10.7. The van der Waals surface area contributed by atoms with Crippen molar-refractivity contribution >= 4 is 39.9 Å². The molecule has 1 amide bonds. The molecule has 1 fully saturated rings. The zero-order valence-corrected chi connectivity index (χ0v) is 24.6. The number of aromatic hydroxyl groups is 1. The Kier molecular flexibility index (Phi) is 8.18. The van der Waals surface area contributed by atoms with E-state index in [0.29, 0.717) is 34.7 Å². The molecule has 10 nitrogen and oxygen atoms in total. The highest BCUT2D eigenvalue weighted by atomic mass is 32.1. The summed E-state index contributed by atoms with van der Waals surface area (Å²) in [4.78, 5) is 45.1. The number of aliphatic hydroxyl groups is 1. The maximum Gasteiger partial charge on any atom is 0.350 e. The third-order valence-corrected chi connectivity index (χ3v) is 8.15. The van der Waals surface area contributed by atoms with Gasteiger partial charge in [-0.2, -0.15) is 0 Å². The molecule has 1 aromatic heterocycles. The van der Waals surface area contributed by atoms with Crippen LogP contribution in [-0.2, 0) is 20.9 Å². The number of ether oxygens (including phenoxy) is 3. The molecule has 1 atom stereocenters. The Balaban J connectivity index is 1.60. The summed E-state index contributed by atoms with van der Waals surface area (Å²) < 4.78 is 16.1. The summed E-state index contributed by atoms with van der Waals surface area (Å²) in [6.45, 7) is 3.75. The number of methoxy groups -OCH3 is 2. The lowest BCUT2D eigenvalue weighted by molar-refractivity contribution is -0.132. The van der Waals surface area contributed by atoms with Crippen LogP contribution in [-0.4, -0.2) is 47.1 Å². The average Bonchev–Trinajstić information content (AvgIpc) is 3.52. The Morgan fingerprint density at radius 1 is 1.00 bits per heavy atom. The predicted octanol–water partition coefficient (Wildman–Crippen LogP) is 5.47. The van der Waals surface area contributed by atoms with Crippen LogP contribution < -0.4 is 14.4 Å². The van der Waals surface area contributed by atoms with E-state index >= 15 is 0 Å². The smallest absolute Gasteiger partial charge is 0.350 e. The van der Waals surface area contributed by atoms with Crippen LogP contribution in [0.1, 0.15) is 43.7 Å². The summed E-state index contributed by atoms with van der Waals surface area (Å²) in [5.41, 5.74) is 2.48. The van der Waals surface area contributed by atoms with Gasteiger partial charge in [0.1, 0.15) is 23.0 Å². The first-order chi connectivity index (χ1) is 20.6. The number of anilines is 1. The molecule has 0 radical (unpaired) electrons. The van der Waals surface area contributed by atoms with E-state index in [1.165, 1.54) is 32.4 Å². The zero-order valence-electron chi connectivity index (χ0n) is 23.8. The Morgan fingerprint density at radius 2 is 1.74 bits per heavy atom. The van der Waals surface area contributed by atoms with E-state index in [2.05, 4.69) is 4.98 Å². The fourth-order valence-electron chi connectivity index (χ4n) is 4.83. The fraction of sp³-hybridized carbons (Fsp3) is 0.188. The molecular formula is C32H28N2O8S. The molecule has 0 saturated carbocycles. The molecular weight excluding hydrogens is 572 g/mol. The number of hydrogen-bond acceptors (Lipinski definition) is 10. The van der Waals surface area contributed by atoms with Crippen LogP contribution in [0.2, 0.25) is 0 Å². The minimum atomic E-state index is -1.15. The number of carbonyl (C=O) groups is 3. The van der Waals surface area contributed by atoms with Gasteiger partial charge in [-0.3, -0.25) is 14.5 Å². The molecule has 3 aromatic carbocycles. The van der Waals surface area contributed by atoms with Gasteiger partial charge < -0.3 is 24.4 Å². The van der Waals surface area contributed by atoms with Crippen molar-refractivity contribution in [3.63, 3.8) is 0 Å². The second-order valence-electron chi connectivity index (χ2n) is 9.76. The van der Waals surface area contributed by atoms with E-state index in [0.717, 1.165) is 21.8 Å². The van der Waals surface area contributed by atoms with Crippen LogP contribution in [0.25, 0.3) is 5.76 Å². The summed E-state index contributed by atoms with van der Waals surface area (Å²) in [7, 11) is 2.60. The lowest BCUT2D eigenvalue weighted by atomic mass is 9.94. The van der Waals surface area contributed by atoms with Crippen molar-refractivity contribution in [2.75, 3.05) is 19.1 Å². The van der Waals surface area contributed by atoms with Gasteiger partial charge in [0.15, 0.2) is 16.6 Å². The van der Waals surface area contributed by atoms with E-state index in [1.54, 1.807) is 25.1 Å². The molecule has 0 spiro atoms. The lowest BCUT2D eigenvalue weighted by Gasteiger charge is -2.23. The molecule has 0 aliphatic carbocycles. The standard InChI is InChI=1S/C32H28N2O8S/c1-17-14-21(11-13-23(17)42-16-19-8-6-5-7-9-19)27(36)25-26(20-10-12-22(35)24(15-20)40-3)34(30(38)28(25)37)32-33-18(2)29(43-32)31(39)41-4/h5-15,26,35-36H,16H2,1-4H3. The van der Waals surface area contributed by atoms with Crippen molar-refractivity contribution in [2.45, 2.75) is 26.5 Å². The van der Waals surface area contributed by atoms with Crippen LogP contribution in [0, 0.1) is 13.8 Å². The molecule has 1 unspecified atom stereocenters. The number of phenolic OH excluding ortho intramolecular Hbond substituents is 1. The van der Waals surface area contributed by atoms with Crippen molar-refractivity contribution < 1.29 is 38.8 Å². The van der Waals surface area contributed by atoms with E-state index in [-0.39, 0.29) is 27.1 Å². The first-order valence-electron chi connectivity index (χ1n) is 13.2. The molecule has 2 N–H and O–H groups in total. The molecule has 1 aliphatic rings. The lowest BCUT2D eigenvalue weighted by Crippen LogP contribution is -2.29. The van der Waals surface area contributed by atoms with Gasteiger partial charge in [0.25, 0.3) is 5.78 Å². The number of Topliss-reactive ketones (excluding diaryl/α,β-unsaturated/α-hetero) is 1. The van der Waals surface area contributed by atoms with E-state index < -0.39 is 29.5 Å². The fourth-order valence-corrected chi connectivity index (χ4v) is 5.84. The number of carbonyl (C=O) groups excluding carboxylic acids is 3. The first kappa shape index (κ1) is 29.3. The Labute approximate surface area is 251 Å². The molecule has 1 saturated heterocycles. The van der Waals surface area contributed by atoms with Gasteiger partial charge in [0, 0.05) is 5.56 Å². The molecule has 11 heteroatoms. The van der Waals surface area contributed by atoms with Crippen molar-refractivity contribution in [1.82, 2.24) is 4.98 Å². The van der Waals surface area contributed by atoms with E-state index in [1.807, 2.05) is 37.3 Å². The van der Waals surface area contributed by atoms with Crippen LogP contribution in [0.3, 0.4) is 0 Å². The summed E-state index contributed by atoms with van der Waals surface area (Å²) in [6.07, 6.45) is 0. The quantitative estimate of drug-likeness (QED) is 0.117. The zero-order chi connectivity index (χ0) is 30.8. The number of ketones is 1. The number of thiazole rings is 1. The van der Waals surface area contributed by atoms with Crippen LogP contribution >= 0.6 is 11.3 Å². The summed E-state index contributed by atoms with van der Waals surface area (Å²) in [5, 5.41) is 21.8. The highest BCUT2D eigenvalue weighted by Crippen LogP contribution is 2.45. The molecule has 2 heterocycles. The summed E-state index contributed by atoms with van der Waals surface area (Å²) in [6, 6.07) is 17.8. The highest BCUT2D eigenvalue weighted by Gasteiger charge is 2.48. The molecule has 220 valence electrons. The minimum absolute atomic E-state index is 0.0666. The number of aliphatic hydroxyl groups excluding tert-OH is 1. The Morgan fingerprint density at radius 3 is 2.42 bits per heavy atom. The van der Waals surface area contributed by atoms with Crippen LogP contribution in [0.5, 0.6) is 17.2 Å². The number of benzene rings is 3. The molecule has 43 heavy (non-hydrogen) atoms. The number of hydrogen-bond donors (Lipinski definition) is 2. The van der Waals surface area contributed by atoms with E-state index in [9.17, 15) is 24.6 Å². The largest absolute Gasteiger partial charge is 0.507 e. The summed E-state index contributed by atoms with van der Waals surface area (Å²) >= 11 is 0.890. The third-order valence-electron chi connectivity index (χ3n) is 7.01. The number of esters is 1. The number of rotatable bonds is 8. The van der Waals surface area contributed by atoms with Crippen LogP contribution in [0.4, 0.5) is 5.13 Å². The number of aryl methyl sites for hydroxylation is 2. The number of phenols is 1. The van der Waals surface area contributed by atoms with Gasteiger partial charge in [-0.1, -0.05) is 47.7 Å². The van der Waals surface area contributed by atoms with Gasteiger partial charge in [-0.15, -0.1) is 0 Å². The van der Waals surface area contributed by atoms with E-state index in [4.69, 9.17) is 14.2 Å². The van der Waals surface area contributed by atoms with Gasteiger partial charge in [-0.05, 0) is 60.9 Å². The predicted molar refractivity (Wildman–Crippen MR) is 160 cm³/mol. The molecule has 4 aromatic rings. The average molecular weight is 601 g/mol. The molecule has 0 bridgehead atoms. The number of aromatic nitrogens is 1. The van der Waals surface area contributed by atoms with Gasteiger partial charge in [-0.25, -0.2) is 9.78 Å². The second kappa shape index (κ2) is 12.0. The van der Waals surface area contributed by atoms with Crippen LogP contribution in [0.15, 0.2) is 72.3 Å². The van der Waals surface area contributed by atoms with Gasteiger partial charge in [0.2, 0.25) is 0 Å². The highest BCUT2D eigenvalue weighted by molar-refractivity contribution is 7.17. The number of amides is 1. The summed E-state index contributed by atoms with van der Waals surface area (Å²) in [5.74, 6) is -2.38. The molecule has 5 rings (SSSR count). The monoisotopic (exact) mass is 600 g/mol. The van der Waals surface area contributed by atoms with Gasteiger partial charge >= 0.3 is 11.9 Å². The maximum absolute atomic E-state index is 13.6. The topological polar surface area (TPSA) is 135 Å². The SMILES string of the molecule is COC(=O)c1sc(N2C(=O)C(=O)C(=C(O)c3ccc(OCc4ccccc4)c(C)c3)C2c2ccc(O)c(OC)c2)nc1C. The van der Waals surface area contributed by atoms with Crippen molar-refractivity contribution in [1.29, 1.82) is 0 Å². The molecule has 1 aliphatic heterocycles. The van der Waals surface area contributed by atoms with Gasteiger partial charge in [0.05, 0.1) is 31.5 Å². The third kappa shape index (κ3) is 5.54.